The second-order valence-electron chi connectivity index (χ2n) is 5.15. The number of phenolic OH excluding ortho intramolecular Hbond substituents is 1. The van der Waals surface area contributed by atoms with Crippen LogP contribution in [0.2, 0.25) is 0 Å². The molecule has 0 aromatic heterocycles. The Morgan fingerprint density at radius 1 is 1.29 bits per heavy atom. The van der Waals surface area contributed by atoms with Crippen molar-refractivity contribution in [2.24, 2.45) is 5.73 Å². The maximum absolute atomic E-state index is 12.5. The molecule has 9 heteroatoms. The van der Waals surface area contributed by atoms with E-state index in [2.05, 4.69) is 5.32 Å². The maximum Gasteiger partial charge on any atom is 0.243 e. The van der Waals surface area contributed by atoms with Crippen LogP contribution in [0.4, 0.5) is 5.69 Å². The van der Waals surface area contributed by atoms with E-state index in [1.165, 1.54) is 22.5 Å². The number of nitrogens with two attached hydrogens (primary N) is 1. The lowest BCUT2D eigenvalue weighted by atomic mass is 10.1. The summed E-state index contributed by atoms with van der Waals surface area (Å²) in [5.41, 5.74) is 5.76. The number of nitrogens with zero attached hydrogens (tertiary/aromatic N) is 1. The van der Waals surface area contributed by atoms with Crippen LogP contribution in [0.25, 0.3) is 0 Å². The van der Waals surface area contributed by atoms with Crippen LogP contribution in [-0.2, 0) is 14.8 Å². The third-order valence-electron chi connectivity index (χ3n) is 3.51. The number of phenols is 1. The van der Waals surface area contributed by atoms with Gasteiger partial charge in [-0.05, 0) is 24.6 Å². The van der Waals surface area contributed by atoms with Crippen LogP contribution < -0.4 is 11.1 Å². The number of hydrogen-bond acceptors (Lipinski definition) is 5. The van der Waals surface area contributed by atoms with Gasteiger partial charge >= 0.3 is 0 Å². The van der Waals surface area contributed by atoms with E-state index in [4.69, 9.17) is 5.73 Å². The molecule has 0 fully saturated rings. The van der Waals surface area contributed by atoms with Crippen LogP contribution in [0, 0.1) is 0 Å². The average molecular weight is 380 g/mol. The quantitative estimate of drug-likeness (QED) is 0.597. The Morgan fingerprint density at radius 3 is 2.38 bits per heavy atom. The molecule has 0 aliphatic rings. The minimum absolute atomic E-state index is 0. The third-order valence-corrected chi connectivity index (χ3v) is 5.55. The highest BCUT2D eigenvalue weighted by atomic mass is 35.5. The molecule has 0 bridgehead atoms. The van der Waals surface area contributed by atoms with Crippen LogP contribution in [0.3, 0.4) is 0 Å². The summed E-state index contributed by atoms with van der Waals surface area (Å²) >= 11 is 0. The summed E-state index contributed by atoms with van der Waals surface area (Å²) in [6.07, 6.45) is 1.25. The van der Waals surface area contributed by atoms with Crippen molar-refractivity contribution < 1.29 is 18.3 Å². The molecule has 1 unspecified atom stereocenters. The lowest BCUT2D eigenvalue weighted by Crippen LogP contribution is -2.35. The van der Waals surface area contributed by atoms with Gasteiger partial charge in [-0.1, -0.05) is 27.2 Å². The largest absolute Gasteiger partial charge is 0.506 e. The van der Waals surface area contributed by atoms with E-state index in [1.54, 1.807) is 13.8 Å². The van der Waals surface area contributed by atoms with E-state index in [-0.39, 0.29) is 28.7 Å². The zero-order valence-corrected chi connectivity index (χ0v) is 15.8. The summed E-state index contributed by atoms with van der Waals surface area (Å²) < 4.78 is 26.3. The summed E-state index contributed by atoms with van der Waals surface area (Å²) in [7, 11) is -3.67. The second-order valence-corrected chi connectivity index (χ2v) is 7.09. The fraction of sp³-hybridized carbons (Fsp3) is 0.533. The van der Waals surface area contributed by atoms with Gasteiger partial charge in [-0.2, -0.15) is 4.31 Å². The van der Waals surface area contributed by atoms with Gasteiger partial charge in [0, 0.05) is 13.1 Å². The van der Waals surface area contributed by atoms with Crippen LogP contribution in [0.5, 0.6) is 5.75 Å². The number of halogens is 1. The average Bonchev–Trinajstić information content (AvgIpc) is 2.50. The van der Waals surface area contributed by atoms with Gasteiger partial charge in [0.25, 0.3) is 0 Å². The van der Waals surface area contributed by atoms with E-state index < -0.39 is 22.0 Å². The van der Waals surface area contributed by atoms with Crippen molar-refractivity contribution in [3.05, 3.63) is 18.2 Å². The Morgan fingerprint density at radius 2 is 1.88 bits per heavy atom. The number of anilines is 1. The first kappa shape index (κ1) is 22.6. The molecule has 24 heavy (non-hydrogen) atoms. The van der Waals surface area contributed by atoms with E-state index in [0.717, 1.165) is 6.42 Å². The Hall–Kier alpha value is -1.35. The Kier molecular flexibility index (Phi) is 9.27. The Labute approximate surface area is 149 Å². The number of rotatable bonds is 8. The number of carbonyl (C=O) groups is 1. The van der Waals surface area contributed by atoms with Crippen molar-refractivity contribution in [1.29, 1.82) is 0 Å². The van der Waals surface area contributed by atoms with Crippen molar-refractivity contribution >= 4 is 34.0 Å². The molecule has 138 valence electrons. The molecule has 4 N–H and O–H groups in total. The van der Waals surface area contributed by atoms with Crippen molar-refractivity contribution in [3.8, 4) is 5.75 Å². The summed E-state index contributed by atoms with van der Waals surface area (Å²) in [5.74, 6) is -0.667. The second kappa shape index (κ2) is 9.83. The highest BCUT2D eigenvalue weighted by molar-refractivity contribution is 7.89. The molecule has 0 saturated heterocycles. The molecule has 0 aliphatic heterocycles. The van der Waals surface area contributed by atoms with Gasteiger partial charge in [-0.3, -0.25) is 4.79 Å². The van der Waals surface area contributed by atoms with Crippen molar-refractivity contribution in [1.82, 2.24) is 4.31 Å². The molecule has 0 spiro atoms. The molecule has 1 amide bonds. The molecule has 1 aromatic carbocycles. The predicted octanol–water partition coefficient (Wildman–Crippen LogP) is 1.91. The number of amides is 1. The first-order valence-electron chi connectivity index (χ1n) is 7.67. The number of hydrogen-bond donors (Lipinski definition) is 3. The van der Waals surface area contributed by atoms with Gasteiger partial charge in [0.15, 0.2) is 0 Å². The van der Waals surface area contributed by atoms with Crippen LogP contribution in [0.15, 0.2) is 23.1 Å². The molecule has 0 radical (unpaired) electrons. The topological polar surface area (TPSA) is 113 Å². The molecule has 1 aromatic rings. The van der Waals surface area contributed by atoms with Crippen molar-refractivity contribution in [2.45, 2.75) is 44.6 Å². The lowest BCUT2D eigenvalue weighted by molar-refractivity contribution is -0.117. The minimum atomic E-state index is -3.67. The van der Waals surface area contributed by atoms with Crippen LogP contribution in [0.1, 0.15) is 33.6 Å². The van der Waals surface area contributed by atoms with Crippen LogP contribution >= 0.6 is 12.4 Å². The fourth-order valence-electron chi connectivity index (χ4n) is 2.16. The van der Waals surface area contributed by atoms with E-state index in [0.29, 0.717) is 19.5 Å². The zero-order valence-electron chi connectivity index (χ0n) is 14.2. The standard InChI is InChI=1S/C15H25N3O4S.ClH/c1-4-7-12(16)15(20)17-13-10-11(8-9-14(13)19)23(21,22)18(5-2)6-3;/h8-10,12,19H,4-7,16H2,1-3H3,(H,17,20);1H. The van der Waals surface area contributed by atoms with Crippen molar-refractivity contribution in [2.75, 3.05) is 18.4 Å². The Balaban J connectivity index is 0.00000529. The molecule has 1 rings (SSSR count). The van der Waals surface area contributed by atoms with Gasteiger partial charge in [-0.15, -0.1) is 12.4 Å². The van der Waals surface area contributed by atoms with Gasteiger partial charge in [0.05, 0.1) is 16.6 Å². The molecule has 0 saturated carbocycles. The first-order valence-corrected chi connectivity index (χ1v) is 9.11. The normalized spacial score (nSPS) is 12.5. The third kappa shape index (κ3) is 5.34. The molecule has 1 atom stereocenters. The summed E-state index contributed by atoms with van der Waals surface area (Å²) in [5, 5.41) is 12.3. The van der Waals surface area contributed by atoms with Crippen molar-refractivity contribution in [3.63, 3.8) is 0 Å². The van der Waals surface area contributed by atoms with Gasteiger partial charge in [-0.25, -0.2) is 8.42 Å². The van der Waals surface area contributed by atoms with Crippen LogP contribution in [-0.4, -0.2) is 42.9 Å². The van der Waals surface area contributed by atoms with Gasteiger partial charge < -0.3 is 16.2 Å². The molecule has 0 aliphatic carbocycles. The highest BCUT2D eigenvalue weighted by Gasteiger charge is 2.23. The summed E-state index contributed by atoms with van der Waals surface area (Å²) in [6, 6.07) is 3.10. The smallest absolute Gasteiger partial charge is 0.243 e. The van der Waals surface area contributed by atoms with E-state index in [1.807, 2.05) is 6.92 Å². The number of sulfonamides is 1. The number of aromatic hydroxyl groups is 1. The maximum atomic E-state index is 12.5. The SMILES string of the molecule is CCCC(N)C(=O)Nc1cc(S(=O)(=O)N(CC)CC)ccc1O.Cl. The molecular weight excluding hydrogens is 354 g/mol. The van der Waals surface area contributed by atoms with Gasteiger partial charge in [0.2, 0.25) is 15.9 Å². The predicted molar refractivity (Wildman–Crippen MR) is 97.0 cm³/mol. The lowest BCUT2D eigenvalue weighted by Gasteiger charge is -2.19. The minimum Gasteiger partial charge on any atom is -0.506 e. The van der Waals surface area contributed by atoms with Gasteiger partial charge in [0.1, 0.15) is 5.75 Å². The molecule has 7 nitrogen and oxygen atoms in total. The Bertz CT molecular complexity index is 648. The first-order chi connectivity index (χ1) is 10.8. The summed E-state index contributed by atoms with van der Waals surface area (Å²) in [6.45, 7) is 6.06. The number of benzene rings is 1. The van der Waals surface area contributed by atoms with E-state index >= 15 is 0 Å². The number of carbonyl (C=O) groups excluding carboxylic acids is 1. The zero-order chi connectivity index (χ0) is 17.6. The molecule has 0 heterocycles. The molecular formula is C15H26ClN3O4S. The monoisotopic (exact) mass is 379 g/mol. The number of nitrogens with one attached hydrogen (secondary N) is 1. The fourth-order valence-corrected chi connectivity index (χ4v) is 3.64. The summed E-state index contributed by atoms with van der Waals surface area (Å²) in [4.78, 5) is 12.0. The highest BCUT2D eigenvalue weighted by Crippen LogP contribution is 2.28. The van der Waals surface area contributed by atoms with E-state index in [9.17, 15) is 18.3 Å².